The zero-order valence-electron chi connectivity index (χ0n) is 12.0. The van der Waals surface area contributed by atoms with Gasteiger partial charge in [-0.3, -0.25) is 4.79 Å². The summed E-state index contributed by atoms with van der Waals surface area (Å²) in [7, 11) is 1.50. The van der Waals surface area contributed by atoms with Crippen LogP contribution in [-0.4, -0.2) is 78.0 Å². The first-order valence-corrected chi connectivity index (χ1v) is 6.61. The molecule has 0 aliphatic carbocycles. The Morgan fingerprint density at radius 1 is 1.43 bits per heavy atom. The Hall–Kier alpha value is -1.87. The van der Waals surface area contributed by atoms with Gasteiger partial charge < -0.3 is 30.5 Å². The number of carboxylic acid groups (broad SMARTS) is 1. The van der Waals surface area contributed by atoms with Gasteiger partial charge in [-0.15, -0.1) is 0 Å². The van der Waals surface area contributed by atoms with Crippen molar-refractivity contribution in [2.75, 3.05) is 26.8 Å². The van der Waals surface area contributed by atoms with Crippen molar-refractivity contribution in [3.8, 4) is 0 Å². The smallest absolute Gasteiger partial charge is 0.326 e. The predicted molar refractivity (Wildman–Crippen MR) is 71.6 cm³/mol. The first-order valence-electron chi connectivity index (χ1n) is 6.61. The number of urea groups is 1. The second kappa shape index (κ2) is 7.79. The average molecular weight is 303 g/mol. The largest absolute Gasteiger partial charge is 0.480 e. The molecule has 120 valence electrons. The SMILES string of the molecule is COCCNC(=O)C(C)NC(=O)N1C[C@H](O)C[C@H]1C(=O)O. The molecular weight excluding hydrogens is 282 g/mol. The number of amides is 3. The highest BCUT2D eigenvalue weighted by Crippen LogP contribution is 2.18. The number of likely N-dealkylation sites (tertiary alicyclic amines) is 1. The topological polar surface area (TPSA) is 128 Å². The summed E-state index contributed by atoms with van der Waals surface area (Å²) in [4.78, 5) is 35.7. The van der Waals surface area contributed by atoms with Gasteiger partial charge in [-0.25, -0.2) is 9.59 Å². The van der Waals surface area contributed by atoms with Gasteiger partial charge in [0, 0.05) is 26.6 Å². The molecule has 1 aliphatic rings. The summed E-state index contributed by atoms with van der Waals surface area (Å²) in [5.41, 5.74) is 0. The zero-order chi connectivity index (χ0) is 16.0. The highest BCUT2D eigenvalue weighted by atomic mass is 16.5. The number of methoxy groups -OCH3 is 1. The second-order valence-electron chi connectivity index (χ2n) is 4.85. The van der Waals surface area contributed by atoms with E-state index < -0.39 is 36.1 Å². The Balaban J connectivity index is 2.51. The van der Waals surface area contributed by atoms with Crippen LogP contribution in [0.3, 0.4) is 0 Å². The summed E-state index contributed by atoms with van der Waals surface area (Å²) in [6, 6.07) is -2.58. The van der Waals surface area contributed by atoms with Crippen molar-refractivity contribution >= 4 is 17.9 Å². The van der Waals surface area contributed by atoms with E-state index in [1.807, 2.05) is 0 Å². The fourth-order valence-corrected chi connectivity index (χ4v) is 2.04. The van der Waals surface area contributed by atoms with Crippen molar-refractivity contribution in [1.82, 2.24) is 15.5 Å². The molecule has 1 heterocycles. The molecule has 1 saturated heterocycles. The van der Waals surface area contributed by atoms with Gasteiger partial charge in [0.25, 0.3) is 0 Å². The van der Waals surface area contributed by atoms with Crippen molar-refractivity contribution in [3.05, 3.63) is 0 Å². The fraction of sp³-hybridized carbons (Fsp3) is 0.750. The van der Waals surface area contributed by atoms with Crippen molar-refractivity contribution in [1.29, 1.82) is 0 Å². The lowest BCUT2D eigenvalue weighted by Gasteiger charge is -2.23. The first-order chi connectivity index (χ1) is 9.86. The molecule has 1 unspecified atom stereocenters. The average Bonchev–Trinajstić information content (AvgIpc) is 2.81. The molecule has 21 heavy (non-hydrogen) atoms. The fourth-order valence-electron chi connectivity index (χ4n) is 2.04. The van der Waals surface area contributed by atoms with Crippen LogP contribution in [0.2, 0.25) is 0 Å². The lowest BCUT2D eigenvalue weighted by Crippen LogP contribution is -2.52. The number of rotatable bonds is 6. The van der Waals surface area contributed by atoms with Crippen molar-refractivity contribution < 1.29 is 29.3 Å². The Morgan fingerprint density at radius 3 is 2.67 bits per heavy atom. The molecule has 3 amide bonds. The van der Waals surface area contributed by atoms with Crippen molar-refractivity contribution in [2.24, 2.45) is 0 Å². The summed E-state index contributed by atoms with van der Waals surface area (Å²) in [5, 5.41) is 23.5. The van der Waals surface area contributed by atoms with Crippen LogP contribution in [0.25, 0.3) is 0 Å². The van der Waals surface area contributed by atoms with E-state index in [1.165, 1.54) is 14.0 Å². The van der Waals surface area contributed by atoms with Crippen LogP contribution in [0.4, 0.5) is 4.79 Å². The Labute approximate surface area is 122 Å². The molecule has 0 spiro atoms. The van der Waals surface area contributed by atoms with E-state index >= 15 is 0 Å². The van der Waals surface area contributed by atoms with Crippen LogP contribution in [-0.2, 0) is 14.3 Å². The molecule has 1 aliphatic heterocycles. The molecule has 3 atom stereocenters. The molecule has 9 nitrogen and oxygen atoms in total. The normalized spacial score (nSPS) is 22.7. The summed E-state index contributed by atoms with van der Waals surface area (Å²) in [6.45, 7) is 2.09. The van der Waals surface area contributed by atoms with Crippen molar-refractivity contribution in [2.45, 2.75) is 31.5 Å². The summed E-state index contributed by atoms with van der Waals surface area (Å²) < 4.78 is 4.78. The summed E-state index contributed by atoms with van der Waals surface area (Å²) >= 11 is 0. The minimum absolute atomic E-state index is 0.0167. The Bertz CT molecular complexity index is 402. The molecule has 0 aromatic rings. The minimum Gasteiger partial charge on any atom is -0.480 e. The van der Waals surface area contributed by atoms with E-state index in [2.05, 4.69) is 10.6 Å². The van der Waals surface area contributed by atoms with Crippen molar-refractivity contribution in [3.63, 3.8) is 0 Å². The van der Waals surface area contributed by atoms with E-state index in [0.717, 1.165) is 4.90 Å². The van der Waals surface area contributed by atoms with E-state index in [9.17, 15) is 19.5 Å². The molecule has 0 aromatic heterocycles. The van der Waals surface area contributed by atoms with Crippen LogP contribution >= 0.6 is 0 Å². The third kappa shape index (κ3) is 4.87. The highest BCUT2D eigenvalue weighted by Gasteiger charge is 2.39. The number of aliphatic hydroxyl groups is 1. The molecule has 1 rings (SSSR count). The molecule has 4 N–H and O–H groups in total. The van der Waals surface area contributed by atoms with Crippen LogP contribution in [0.15, 0.2) is 0 Å². The lowest BCUT2D eigenvalue weighted by atomic mass is 10.2. The van der Waals surface area contributed by atoms with Crippen LogP contribution < -0.4 is 10.6 Å². The number of carbonyl (C=O) groups is 3. The Kier molecular flexibility index (Phi) is 6.38. The molecule has 0 aromatic carbocycles. The number of carboxylic acids is 1. The van der Waals surface area contributed by atoms with Gasteiger partial charge in [0.1, 0.15) is 12.1 Å². The van der Waals surface area contributed by atoms with Gasteiger partial charge in [-0.1, -0.05) is 0 Å². The highest BCUT2D eigenvalue weighted by molar-refractivity contribution is 5.88. The molecule has 0 bridgehead atoms. The van der Waals surface area contributed by atoms with Crippen LogP contribution in [0, 0.1) is 0 Å². The number of carbonyl (C=O) groups excluding carboxylic acids is 2. The monoisotopic (exact) mass is 303 g/mol. The molecule has 9 heteroatoms. The number of ether oxygens (including phenoxy) is 1. The third-order valence-electron chi connectivity index (χ3n) is 3.16. The third-order valence-corrected chi connectivity index (χ3v) is 3.16. The van der Waals surface area contributed by atoms with Crippen LogP contribution in [0.5, 0.6) is 0 Å². The van der Waals surface area contributed by atoms with Crippen LogP contribution in [0.1, 0.15) is 13.3 Å². The van der Waals surface area contributed by atoms with E-state index in [0.29, 0.717) is 13.2 Å². The number of nitrogens with zero attached hydrogens (tertiary/aromatic N) is 1. The number of aliphatic hydroxyl groups excluding tert-OH is 1. The maximum absolute atomic E-state index is 12.0. The molecule has 0 saturated carbocycles. The van der Waals surface area contributed by atoms with Gasteiger partial charge >= 0.3 is 12.0 Å². The lowest BCUT2D eigenvalue weighted by molar-refractivity contribution is -0.141. The van der Waals surface area contributed by atoms with Gasteiger partial charge in [-0.05, 0) is 6.92 Å². The number of nitrogens with one attached hydrogen (secondary N) is 2. The van der Waals surface area contributed by atoms with Gasteiger partial charge in [0.2, 0.25) is 5.91 Å². The number of hydrogen-bond donors (Lipinski definition) is 4. The van der Waals surface area contributed by atoms with Gasteiger partial charge in [0.05, 0.1) is 12.7 Å². The molecular formula is C12H21N3O6. The van der Waals surface area contributed by atoms with Gasteiger partial charge in [-0.2, -0.15) is 0 Å². The summed E-state index contributed by atoms with van der Waals surface area (Å²) in [6.07, 6.45) is -0.889. The maximum atomic E-state index is 12.0. The first kappa shape index (κ1) is 17.2. The zero-order valence-corrected chi connectivity index (χ0v) is 12.0. The quantitative estimate of drug-likeness (QED) is 0.436. The number of aliphatic carboxylic acids is 1. The number of hydrogen-bond acceptors (Lipinski definition) is 5. The van der Waals surface area contributed by atoms with E-state index in [-0.39, 0.29) is 13.0 Å². The second-order valence-corrected chi connectivity index (χ2v) is 4.85. The molecule has 0 radical (unpaired) electrons. The molecule has 1 fully saturated rings. The van der Waals surface area contributed by atoms with Gasteiger partial charge in [0.15, 0.2) is 0 Å². The van der Waals surface area contributed by atoms with E-state index in [4.69, 9.17) is 9.84 Å². The van der Waals surface area contributed by atoms with E-state index in [1.54, 1.807) is 0 Å². The minimum atomic E-state index is -1.18. The number of β-amino-alcohol motifs (C(OH)–C–C–N with tert-alkyl or cyclic N) is 1. The predicted octanol–water partition coefficient (Wildman–Crippen LogP) is -1.63. The maximum Gasteiger partial charge on any atom is 0.326 e. The Morgan fingerprint density at radius 2 is 2.10 bits per heavy atom. The summed E-state index contributed by atoms with van der Waals surface area (Å²) in [5.74, 6) is -1.58. The standard InChI is InChI=1S/C12H21N3O6/c1-7(10(17)13-3-4-21-2)14-12(20)15-6-8(16)5-9(15)11(18)19/h7-9,16H,3-6H2,1-2H3,(H,13,17)(H,14,20)(H,18,19)/t7?,8-,9+/m1/s1.